The number of rotatable bonds is 2. The van der Waals surface area contributed by atoms with Gasteiger partial charge in [0.2, 0.25) is 5.95 Å². The molecule has 0 saturated carbocycles. The molecule has 0 atom stereocenters. The number of methoxy groups -OCH3 is 1. The van der Waals surface area contributed by atoms with Gasteiger partial charge in [0.25, 0.3) is 0 Å². The van der Waals surface area contributed by atoms with Crippen LogP contribution in [0.25, 0.3) is 16.7 Å². The molecular formula is C14H11ClIN3O. The molecule has 0 unspecified atom stereocenters. The van der Waals surface area contributed by atoms with Crippen LogP contribution in [0.1, 0.15) is 0 Å². The number of anilines is 1. The van der Waals surface area contributed by atoms with Crippen LogP contribution < -0.4 is 10.5 Å². The molecule has 0 bridgehead atoms. The Hall–Kier alpha value is -1.47. The van der Waals surface area contributed by atoms with E-state index in [1.165, 1.54) is 0 Å². The Morgan fingerprint density at radius 2 is 2.05 bits per heavy atom. The quantitative estimate of drug-likeness (QED) is 0.666. The molecule has 102 valence electrons. The van der Waals surface area contributed by atoms with Crippen molar-refractivity contribution in [2.45, 2.75) is 0 Å². The second-order valence-corrected chi connectivity index (χ2v) is 5.91. The second-order valence-electron chi connectivity index (χ2n) is 4.26. The Morgan fingerprint density at radius 3 is 2.75 bits per heavy atom. The van der Waals surface area contributed by atoms with Crippen LogP contribution in [-0.2, 0) is 0 Å². The first kappa shape index (κ1) is 13.5. The lowest BCUT2D eigenvalue weighted by Gasteiger charge is -2.09. The maximum absolute atomic E-state index is 6.17. The summed E-state index contributed by atoms with van der Waals surface area (Å²) in [5.74, 6) is 1.07. The zero-order valence-corrected chi connectivity index (χ0v) is 13.5. The maximum Gasteiger partial charge on any atom is 0.205 e. The van der Waals surface area contributed by atoms with Gasteiger partial charge in [0.15, 0.2) is 0 Å². The van der Waals surface area contributed by atoms with Crippen LogP contribution in [-0.4, -0.2) is 16.7 Å². The Morgan fingerprint density at radius 1 is 1.25 bits per heavy atom. The summed E-state index contributed by atoms with van der Waals surface area (Å²) in [6, 6.07) is 11.5. The minimum atomic E-state index is 0.434. The Bertz CT molecular complexity index is 800. The van der Waals surface area contributed by atoms with E-state index in [4.69, 9.17) is 22.1 Å². The van der Waals surface area contributed by atoms with Gasteiger partial charge >= 0.3 is 0 Å². The second kappa shape index (κ2) is 5.14. The number of nitrogen functional groups attached to an aromatic ring is 1. The Labute approximate surface area is 134 Å². The largest absolute Gasteiger partial charge is 0.495 e. The SMILES string of the molecule is COc1ccc(-n2c(N)nc3cc(I)ccc32)cc1Cl. The summed E-state index contributed by atoms with van der Waals surface area (Å²) in [4.78, 5) is 4.38. The van der Waals surface area contributed by atoms with Gasteiger partial charge in [-0.15, -0.1) is 0 Å². The molecule has 0 radical (unpaired) electrons. The number of halogens is 2. The highest BCUT2D eigenvalue weighted by Crippen LogP contribution is 2.30. The monoisotopic (exact) mass is 399 g/mol. The highest BCUT2D eigenvalue weighted by atomic mass is 127. The summed E-state index contributed by atoms with van der Waals surface area (Å²) in [5.41, 5.74) is 8.70. The number of hydrogen-bond donors (Lipinski definition) is 1. The molecule has 2 aromatic carbocycles. The van der Waals surface area contributed by atoms with Gasteiger partial charge in [0, 0.05) is 3.57 Å². The van der Waals surface area contributed by atoms with Gasteiger partial charge in [0.05, 0.1) is 28.9 Å². The molecule has 0 spiro atoms. The van der Waals surface area contributed by atoms with Crippen LogP contribution in [0.15, 0.2) is 36.4 Å². The van der Waals surface area contributed by atoms with Gasteiger partial charge in [-0.25, -0.2) is 4.98 Å². The predicted octanol–water partition coefficient (Wildman–Crippen LogP) is 3.87. The summed E-state index contributed by atoms with van der Waals surface area (Å²) in [7, 11) is 1.59. The zero-order chi connectivity index (χ0) is 14.3. The van der Waals surface area contributed by atoms with Gasteiger partial charge in [0.1, 0.15) is 5.75 Å². The van der Waals surface area contributed by atoms with E-state index in [0.717, 1.165) is 20.3 Å². The number of imidazole rings is 1. The third kappa shape index (κ3) is 2.20. The molecule has 2 N–H and O–H groups in total. The summed E-state index contributed by atoms with van der Waals surface area (Å²) >= 11 is 8.42. The predicted molar refractivity (Wildman–Crippen MR) is 89.8 cm³/mol. The van der Waals surface area contributed by atoms with Crippen LogP contribution in [0, 0.1) is 3.57 Å². The first-order valence-corrected chi connectivity index (χ1v) is 7.33. The smallest absolute Gasteiger partial charge is 0.205 e. The fourth-order valence-corrected chi connectivity index (χ4v) is 2.86. The van der Waals surface area contributed by atoms with Crippen LogP contribution in [0.3, 0.4) is 0 Å². The minimum Gasteiger partial charge on any atom is -0.495 e. The molecule has 0 aliphatic carbocycles. The number of hydrogen-bond acceptors (Lipinski definition) is 3. The van der Waals surface area contributed by atoms with Gasteiger partial charge in [-0.2, -0.15) is 0 Å². The first-order valence-electron chi connectivity index (χ1n) is 5.87. The van der Waals surface area contributed by atoms with Crippen LogP contribution in [0.2, 0.25) is 5.02 Å². The van der Waals surface area contributed by atoms with Gasteiger partial charge in [-0.05, 0) is 59.0 Å². The maximum atomic E-state index is 6.17. The average Bonchev–Trinajstić information content (AvgIpc) is 2.73. The summed E-state index contributed by atoms with van der Waals surface area (Å²) in [6.07, 6.45) is 0. The third-order valence-corrected chi connectivity index (χ3v) is 4.00. The number of benzene rings is 2. The van der Waals surface area contributed by atoms with Gasteiger partial charge in [-0.1, -0.05) is 11.6 Å². The van der Waals surface area contributed by atoms with E-state index in [2.05, 4.69) is 27.6 Å². The van der Waals surface area contributed by atoms with E-state index in [0.29, 0.717) is 16.7 Å². The van der Waals surface area contributed by atoms with Crippen molar-refractivity contribution in [2.75, 3.05) is 12.8 Å². The highest BCUT2D eigenvalue weighted by Gasteiger charge is 2.12. The highest BCUT2D eigenvalue weighted by molar-refractivity contribution is 14.1. The van der Waals surface area contributed by atoms with E-state index in [1.807, 2.05) is 41.0 Å². The van der Waals surface area contributed by atoms with Crippen molar-refractivity contribution in [1.82, 2.24) is 9.55 Å². The van der Waals surface area contributed by atoms with Crippen molar-refractivity contribution in [3.63, 3.8) is 0 Å². The molecule has 3 aromatic rings. The number of ether oxygens (including phenoxy) is 1. The number of fused-ring (bicyclic) bond motifs is 1. The number of nitrogens with zero attached hydrogens (tertiary/aromatic N) is 2. The van der Waals surface area contributed by atoms with Crippen LogP contribution in [0.5, 0.6) is 5.75 Å². The van der Waals surface area contributed by atoms with E-state index in [1.54, 1.807) is 7.11 Å². The summed E-state index contributed by atoms with van der Waals surface area (Å²) in [6.45, 7) is 0. The zero-order valence-electron chi connectivity index (χ0n) is 10.6. The fourth-order valence-electron chi connectivity index (χ4n) is 2.14. The lowest BCUT2D eigenvalue weighted by atomic mass is 10.2. The van der Waals surface area contributed by atoms with Crippen molar-refractivity contribution in [3.05, 3.63) is 45.0 Å². The molecule has 1 heterocycles. The van der Waals surface area contributed by atoms with E-state index in [-0.39, 0.29) is 0 Å². The summed E-state index contributed by atoms with van der Waals surface area (Å²) < 4.78 is 8.15. The molecule has 1 aromatic heterocycles. The van der Waals surface area contributed by atoms with Crippen molar-refractivity contribution >= 4 is 51.2 Å². The fraction of sp³-hybridized carbons (Fsp3) is 0.0714. The standard InChI is InChI=1S/C14H11ClIN3O/c1-20-13-5-3-9(7-10(13)15)19-12-4-2-8(16)6-11(12)18-14(19)17/h2-7H,1H3,(H2,17,18). The summed E-state index contributed by atoms with van der Waals surface area (Å²) in [5, 5.41) is 0.539. The van der Waals surface area contributed by atoms with Gasteiger partial charge in [-0.3, -0.25) is 4.57 Å². The molecule has 3 rings (SSSR count). The molecule has 0 fully saturated rings. The Balaban J connectivity index is 2.23. The van der Waals surface area contributed by atoms with Crippen molar-refractivity contribution in [3.8, 4) is 11.4 Å². The lowest BCUT2D eigenvalue weighted by Crippen LogP contribution is -2.00. The normalized spacial score (nSPS) is 10.9. The van der Waals surface area contributed by atoms with E-state index < -0.39 is 0 Å². The molecule has 4 nitrogen and oxygen atoms in total. The first-order chi connectivity index (χ1) is 9.60. The van der Waals surface area contributed by atoms with Crippen molar-refractivity contribution in [2.24, 2.45) is 0 Å². The van der Waals surface area contributed by atoms with E-state index in [9.17, 15) is 0 Å². The van der Waals surface area contributed by atoms with Crippen LogP contribution in [0.4, 0.5) is 5.95 Å². The lowest BCUT2D eigenvalue weighted by molar-refractivity contribution is 0.415. The average molecular weight is 400 g/mol. The van der Waals surface area contributed by atoms with Crippen LogP contribution >= 0.6 is 34.2 Å². The third-order valence-electron chi connectivity index (χ3n) is 3.04. The number of aromatic nitrogens is 2. The topological polar surface area (TPSA) is 53.1 Å². The number of nitrogens with two attached hydrogens (primary N) is 1. The molecular weight excluding hydrogens is 389 g/mol. The molecule has 0 aliphatic rings. The molecule has 20 heavy (non-hydrogen) atoms. The van der Waals surface area contributed by atoms with E-state index >= 15 is 0 Å². The van der Waals surface area contributed by atoms with Crippen molar-refractivity contribution in [1.29, 1.82) is 0 Å². The molecule has 0 saturated heterocycles. The molecule has 6 heteroatoms. The van der Waals surface area contributed by atoms with Gasteiger partial charge < -0.3 is 10.5 Å². The Kier molecular flexibility index (Phi) is 3.47. The molecule has 0 aliphatic heterocycles. The molecule has 0 amide bonds. The van der Waals surface area contributed by atoms with Crippen molar-refractivity contribution < 1.29 is 4.74 Å². The minimum absolute atomic E-state index is 0.434.